The molecule has 2 nitrogen and oxygen atoms in total. The molecule has 1 aliphatic heterocycles. The zero-order chi connectivity index (χ0) is 8.10. The molecule has 1 heterocycles. The van der Waals surface area contributed by atoms with E-state index in [2.05, 4.69) is 21.2 Å². The molecular weight excluding hydrogens is 206 g/mol. The Labute approximate surface area is 75.9 Å². The highest BCUT2D eigenvalue weighted by molar-refractivity contribution is 9.09. The number of halogens is 1. The Morgan fingerprint density at radius 1 is 1.45 bits per heavy atom. The highest BCUT2D eigenvalue weighted by atomic mass is 79.9. The van der Waals surface area contributed by atoms with Crippen molar-refractivity contribution in [3.63, 3.8) is 0 Å². The van der Waals surface area contributed by atoms with Gasteiger partial charge in [-0.3, -0.25) is 4.79 Å². The molecule has 0 bridgehead atoms. The summed E-state index contributed by atoms with van der Waals surface area (Å²) in [6.07, 6.45) is 4.76. The van der Waals surface area contributed by atoms with E-state index in [-0.39, 0.29) is 5.91 Å². The summed E-state index contributed by atoms with van der Waals surface area (Å²) < 4.78 is 0. The second-order valence-corrected chi connectivity index (χ2v) is 3.77. The summed E-state index contributed by atoms with van der Waals surface area (Å²) in [4.78, 5) is 10.8. The van der Waals surface area contributed by atoms with E-state index >= 15 is 0 Å². The molecule has 0 radical (unpaired) electrons. The number of carbonyl (C=O) groups excluding carboxylic acids is 1. The highest BCUT2D eigenvalue weighted by Gasteiger charge is 2.26. The molecule has 0 aliphatic carbocycles. The van der Waals surface area contributed by atoms with Gasteiger partial charge in [-0.05, 0) is 12.8 Å². The van der Waals surface area contributed by atoms with E-state index in [0.717, 1.165) is 18.3 Å². The molecule has 1 saturated heterocycles. The van der Waals surface area contributed by atoms with E-state index in [1.165, 1.54) is 19.3 Å². The predicted octanol–water partition coefficient (Wildman–Crippen LogP) is 1.69. The highest BCUT2D eigenvalue weighted by Crippen LogP contribution is 2.14. The van der Waals surface area contributed by atoms with Gasteiger partial charge in [-0.1, -0.05) is 28.8 Å². The summed E-state index contributed by atoms with van der Waals surface area (Å²) in [7, 11) is 0. The van der Waals surface area contributed by atoms with E-state index in [1.54, 1.807) is 0 Å². The normalized spacial score (nSPS) is 22.6. The van der Waals surface area contributed by atoms with Gasteiger partial charge >= 0.3 is 0 Å². The molecule has 1 atom stereocenters. The van der Waals surface area contributed by atoms with Gasteiger partial charge in [0, 0.05) is 11.9 Å². The lowest BCUT2D eigenvalue weighted by Gasteiger charge is -2.25. The number of unbranched alkanes of at least 4 members (excludes halogenated alkanes) is 2. The van der Waals surface area contributed by atoms with E-state index in [9.17, 15) is 4.79 Å². The minimum atomic E-state index is 0.254. The number of rotatable bonds is 5. The van der Waals surface area contributed by atoms with Crippen LogP contribution in [0.5, 0.6) is 0 Å². The van der Waals surface area contributed by atoms with Gasteiger partial charge in [0.1, 0.15) is 0 Å². The first-order chi connectivity index (χ1) is 5.34. The number of carbonyl (C=O) groups is 1. The molecule has 64 valence electrons. The van der Waals surface area contributed by atoms with Crippen molar-refractivity contribution >= 4 is 21.8 Å². The fourth-order valence-corrected chi connectivity index (χ4v) is 1.62. The largest absolute Gasteiger partial charge is 0.355 e. The lowest BCUT2D eigenvalue weighted by molar-refractivity contribution is -0.131. The summed E-state index contributed by atoms with van der Waals surface area (Å²) >= 11 is 3.38. The number of β-lactam (4-membered cyclic amide) rings is 1. The lowest BCUT2D eigenvalue weighted by atomic mass is 9.95. The summed E-state index contributed by atoms with van der Waals surface area (Å²) in [5.74, 6) is 0.592. The van der Waals surface area contributed by atoms with Crippen LogP contribution in [0.4, 0.5) is 0 Å². The molecule has 1 unspecified atom stereocenters. The number of nitrogens with one attached hydrogen (secondary N) is 1. The monoisotopic (exact) mass is 219 g/mol. The minimum absolute atomic E-state index is 0.254. The van der Waals surface area contributed by atoms with E-state index < -0.39 is 0 Å². The van der Waals surface area contributed by atoms with Crippen LogP contribution in [0.3, 0.4) is 0 Å². The van der Waals surface area contributed by atoms with Gasteiger partial charge in [0.2, 0.25) is 5.91 Å². The Morgan fingerprint density at radius 3 is 2.73 bits per heavy atom. The van der Waals surface area contributed by atoms with Crippen molar-refractivity contribution in [1.29, 1.82) is 0 Å². The molecule has 0 aromatic carbocycles. The second kappa shape index (κ2) is 4.75. The SMILES string of the molecule is O=C1NCC1CCCCCBr. The Hall–Kier alpha value is -0.0500. The smallest absolute Gasteiger partial charge is 0.224 e. The standard InChI is InChI=1S/C8H14BrNO/c9-5-3-1-2-4-7-6-10-8(7)11/h7H,1-6H2,(H,10,11). The molecule has 1 aliphatic rings. The maximum absolute atomic E-state index is 10.8. The molecule has 11 heavy (non-hydrogen) atoms. The molecule has 0 aromatic heterocycles. The number of amides is 1. The van der Waals surface area contributed by atoms with Crippen LogP contribution < -0.4 is 5.32 Å². The molecule has 1 N–H and O–H groups in total. The predicted molar refractivity (Wildman–Crippen MR) is 48.8 cm³/mol. The summed E-state index contributed by atoms with van der Waals surface area (Å²) in [5, 5.41) is 3.84. The molecule has 0 aromatic rings. The van der Waals surface area contributed by atoms with Crippen molar-refractivity contribution in [3.05, 3.63) is 0 Å². The Kier molecular flexibility index (Phi) is 3.91. The topological polar surface area (TPSA) is 29.1 Å². The van der Waals surface area contributed by atoms with E-state index in [4.69, 9.17) is 0 Å². The van der Waals surface area contributed by atoms with Crippen molar-refractivity contribution < 1.29 is 4.79 Å². The fourth-order valence-electron chi connectivity index (χ4n) is 1.22. The van der Waals surface area contributed by atoms with Crippen molar-refractivity contribution in [3.8, 4) is 0 Å². The maximum Gasteiger partial charge on any atom is 0.224 e. The first kappa shape index (κ1) is 9.04. The average Bonchev–Trinajstić information content (AvgIpc) is 2.02. The number of alkyl halides is 1. The van der Waals surface area contributed by atoms with Crippen molar-refractivity contribution in [2.75, 3.05) is 11.9 Å². The van der Waals surface area contributed by atoms with Crippen LogP contribution in [0, 0.1) is 5.92 Å². The lowest BCUT2D eigenvalue weighted by Crippen LogP contribution is -2.48. The minimum Gasteiger partial charge on any atom is -0.355 e. The molecule has 1 fully saturated rings. The van der Waals surface area contributed by atoms with Crippen LogP contribution >= 0.6 is 15.9 Å². The molecular formula is C8H14BrNO. The van der Waals surface area contributed by atoms with E-state index in [0.29, 0.717) is 5.92 Å². The van der Waals surface area contributed by atoms with Gasteiger partial charge in [-0.25, -0.2) is 0 Å². The van der Waals surface area contributed by atoms with Crippen LogP contribution in [-0.2, 0) is 4.79 Å². The summed E-state index contributed by atoms with van der Waals surface area (Å²) in [6, 6.07) is 0. The van der Waals surface area contributed by atoms with Crippen molar-refractivity contribution in [1.82, 2.24) is 5.32 Å². The number of hydrogen-bond acceptors (Lipinski definition) is 1. The van der Waals surface area contributed by atoms with E-state index in [1.807, 2.05) is 0 Å². The zero-order valence-electron chi connectivity index (χ0n) is 6.61. The van der Waals surface area contributed by atoms with Gasteiger partial charge in [-0.15, -0.1) is 0 Å². The van der Waals surface area contributed by atoms with Crippen molar-refractivity contribution in [2.45, 2.75) is 25.7 Å². The Balaban J connectivity index is 1.91. The molecule has 1 amide bonds. The van der Waals surface area contributed by atoms with Crippen LogP contribution in [0.1, 0.15) is 25.7 Å². The molecule has 1 rings (SSSR count). The third-order valence-electron chi connectivity index (χ3n) is 2.08. The first-order valence-corrected chi connectivity index (χ1v) is 5.30. The molecule has 0 saturated carbocycles. The van der Waals surface area contributed by atoms with Crippen LogP contribution in [0.15, 0.2) is 0 Å². The zero-order valence-corrected chi connectivity index (χ0v) is 8.19. The molecule has 3 heteroatoms. The quantitative estimate of drug-likeness (QED) is 0.426. The van der Waals surface area contributed by atoms with Crippen LogP contribution in [0.2, 0.25) is 0 Å². The van der Waals surface area contributed by atoms with Crippen molar-refractivity contribution in [2.24, 2.45) is 5.92 Å². The molecule has 0 spiro atoms. The second-order valence-electron chi connectivity index (χ2n) is 2.98. The average molecular weight is 220 g/mol. The van der Waals surface area contributed by atoms with Gasteiger partial charge in [-0.2, -0.15) is 0 Å². The fraction of sp³-hybridized carbons (Fsp3) is 0.875. The van der Waals surface area contributed by atoms with Crippen LogP contribution in [0.25, 0.3) is 0 Å². The van der Waals surface area contributed by atoms with Gasteiger partial charge in [0.05, 0.1) is 5.92 Å². The van der Waals surface area contributed by atoms with Gasteiger partial charge in [0.15, 0.2) is 0 Å². The summed E-state index contributed by atoms with van der Waals surface area (Å²) in [6.45, 7) is 0.910. The van der Waals surface area contributed by atoms with Crippen LogP contribution in [-0.4, -0.2) is 17.8 Å². The Morgan fingerprint density at radius 2 is 2.27 bits per heavy atom. The summed E-state index contributed by atoms with van der Waals surface area (Å²) in [5.41, 5.74) is 0. The third kappa shape index (κ3) is 2.81. The Bertz CT molecular complexity index is 138. The first-order valence-electron chi connectivity index (χ1n) is 4.18. The number of hydrogen-bond donors (Lipinski definition) is 1. The van der Waals surface area contributed by atoms with Gasteiger partial charge in [0.25, 0.3) is 0 Å². The maximum atomic E-state index is 10.8. The third-order valence-corrected chi connectivity index (χ3v) is 2.64. The van der Waals surface area contributed by atoms with Gasteiger partial charge < -0.3 is 5.32 Å².